The molecule has 1 unspecified atom stereocenters. The summed E-state index contributed by atoms with van der Waals surface area (Å²) in [5.74, 6) is 0.359. The van der Waals surface area contributed by atoms with Crippen LogP contribution in [0.25, 0.3) is 10.9 Å². The minimum Gasteiger partial charge on any atom is -0.358 e. The Morgan fingerprint density at radius 1 is 1.05 bits per heavy atom. The molecule has 1 aromatic heterocycles. The molecule has 3 aromatic rings. The molecule has 22 heavy (non-hydrogen) atoms. The topological polar surface area (TPSA) is 41.8 Å². The summed E-state index contributed by atoms with van der Waals surface area (Å²) in [4.78, 5) is 3.49. The van der Waals surface area contributed by atoms with Crippen LogP contribution in [0.15, 0.2) is 42.5 Å². The van der Waals surface area contributed by atoms with E-state index in [1.165, 1.54) is 38.9 Å². The normalized spacial score (nSPS) is 12.7. The molecule has 3 rings (SSSR count). The third-order valence-corrected chi connectivity index (χ3v) is 4.64. The number of aromatic nitrogens is 1. The van der Waals surface area contributed by atoms with Crippen molar-refractivity contribution in [2.75, 3.05) is 6.54 Å². The molecule has 0 fully saturated rings. The molecule has 2 nitrogen and oxygen atoms in total. The summed E-state index contributed by atoms with van der Waals surface area (Å²) >= 11 is 0. The van der Waals surface area contributed by atoms with Gasteiger partial charge in [0.25, 0.3) is 0 Å². The van der Waals surface area contributed by atoms with E-state index in [9.17, 15) is 0 Å². The van der Waals surface area contributed by atoms with Crippen LogP contribution in [-0.4, -0.2) is 11.5 Å². The van der Waals surface area contributed by atoms with Crippen molar-refractivity contribution in [2.24, 2.45) is 5.73 Å². The van der Waals surface area contributed by atoms with E-state index in [2.05, 4.69) is 68.2 Å². The number of nitrogens with two attached hydrogens (primary N) is 1. The van der Waals surface area contributed by atoms with Crippen LogP contribution in [-0.2, 0) is 6.42 Å². The molecule has 2 aromatic carbocycles. The Morgan fingerprint density at radius 2 is 1.82 bits per heavy atom. The van der Waals surface area contributed by atoms with Gasteiger partial charge in [-0.2, -0.15) is 0 Å². The van der Waals surface area contributed by atoms with E-state index < -0.39 is 0 Å². The lowest BCUT2D eigenvalue weighted by Crippen LogP contribution is -2.16. The molecule has 0 aliphatic rings. The molecule has 1 heterocycles. The average molecular weight is 292 g/mol. The SMILES string of the molecule is Cc1ccc(C)c(C(CN)Cc2c(C)[nH]c3ccccc23)c1. The van der Waals surface area contributed by atoms with Crippen molar-refractivity contribution in [3.05, 3.63) is 70.4 Å². The van der Waals surface area contributed by atoms with Crippen molar-refractivity contribution in [1.29, 1.82) is 0 Å². The van der Waals surface area contributed by atoms with Crippen LogP contribution in [0, 0.1) is 20.8 Å². The Bertz CT molecular complexity index is 799. The van der Waals surface area contributed by atoms with Crippen LogP contribution in [0.5, 0.6) is 0 Å². The first-order chi connectivity index (χ1) is 10.6. The molecule has 0 bridgehead atoms. The average Bonchev–Trinajstić information content (AvgIpc) is 2.83. The van der Waals surface area contributed by atoms with Gasteiger partial charge in [-0.3, -0.25) is 0 Å². The van der Waals surface area contributed by atoms with Crippen LogP contribution in [0.4, 0.5) is 0 Å². The first kappa shape index (κ1) is 14.9. The molecule has 0 aliphatic carbocycles. The van der Waals surface area contributed by atoms with Crippen molar-refractivity contribution in [1.82, 2.24) is 4.98 Å². The molecule has 1 atom stereocenters. The number of rotatable bonds is 4. The fourth-order valence-corrected chi connectivity index (χ4v) is 3.36. The number of H-pyrrole nitrogens is 1. The van der Waals surface area contributed by atoms with Crippen molar-refractivity contribution >= 4 is 10.9 Å². The number of benzene rings is 2. The standard InChI is InChI=1S/C20H24N2/c1-13-8-9-14(2)18(10-13)16(12-21)11-19-15(3)22-20-7-5-4-6-17(19)20/h4-10,16,22H,11-12,21H2,1-3H3. The summed E-state index contributed by atoms with van der Waals surface area (Å²) in [6.45, 7) is 7.15. The van der Waals surface area contributed by atoms with E-state index in [1.807, 2.05) is 0 Å². The Kier molecular flexibility index (Phi) is 4.04. The Balaban J connectivity index is 2.01. The summed E-state index contributed by atoms with van der Waals surface area (Å²) in [5.41, 5.74) is 14.0. The molecule has 3 N–H and O–H groups in total. The van der Waals surface area contributed by atoms with Gasteiger partial charge in [0, 0.05) is 22.5 Å². The van der Waals surface area contributed by atoms with Gasteiger partial charge in [0.05, 0.1) is 0 Å². The van der Waals surface area contributed by atoms with Crippen LogP contribution in [0.1, 0.15) is 33.9 Å². The Hall–Kier alpha value is -2.06. The quantitative estimate of drug-likeness (QED) is 0.736. The second-order valence-corrected chi connectivity index (χ2v) is 6.27. The van der Waals surface area contributed by atoms with E-state index in [0.29, 0.717) is 12.5 Å². The number of hydrogen-bond acceptors (Lipinski definition) is 1. The van der Waals surface area contributed by atoms with E-state index in [0.717, 1.165) is 6.42 Å². The van der Waals surface area contributed by atoms with Crippen LogP contribution < -0.4 is 5.73 Å². The second-order valence-electron chi connectivity index (χ2n) is 6.27. The number of nitrogens with one attached hydrogen (secondary N) is 1. The van der Waals surface area contributed by atoms with Crippen molar-refractivity contribution in [3.63, 3.8) is 0 Å². The first-order valence-electron chi connectivity index (χ1n) is 7.93. The van der Waals surface area contributed by atoms with Gasteiger partial charge in [0.2, 0.25) is 0 Å². The van der Waals surface area contributed by atoms with E-state index in [-0.39, 0.29) is 0 Å². The maximum absolute atomic E-state index is 6.12. The van der Waals surface area contributed by atoms with Crippen LogP contribution in [0.3, 0.4) is 0 Å². The van der Waals surface area contributed by atoms with Gasteiger partial charge in [-0.15, -0.1) is 0 Å². The molecule has 0 aliphatic heterocycles. The zero-order valence-corrected chi connectivity index (χ0v) is 13.6. The van der Waals surface area contributed by atoms with E-state index in [1.54, 1.807) is 0 Å². The van der Waals surface area contributed by atoms with Crippen LogP contribution in [0.2, 0.25) is 0 Å². The molecule has 114 valence electrons. The minimum atomic E-state index is 0.359. The van der Waals surface area contributed by atoms with Gasteiger partial charge >= 0.3 is 0 Å². The predicted molar refractivity (Wildman–Crippen MR) is 94.5 cm³/mol. The number of hydrogen-bond donors (Lipinski definition) is 2. The predicted octanol–water partition coefficient (Wildman–Crippen LogP) is 4.38. The summed E-state index contributed by atoms with van der Waals surface area (Å²) in [6, 6.07) is 15.2. The van der Waals surface area contributed by atoms with E-state index >= 15 is 0 Å². The lowest BCUT2D eigenvalue weighted by molar-refractivity contribution is 0.689. The van der Waals surface area contributed by atoms with Gasteiger partial charge in [-0.1, -0.05) is 42.0 Å². The molecule has 0 amide bonds. The van der Waals surface area contributed by atoms with Gasteiger partial charge in [-0.05, 0) is 56.5 Å². The third kappa shape index (κ3) is 2.67. The molecule has 0 radical (unpaired) electrons. The fourth-order valence-electron chi connectivity index (χ4n) is 3.36. The summed E-state index contributed by atoms with van der Waals surface area (Å²) in [6.07, 6.45) is 0.983. The number of aryl methyl sites for hydroxylation is 3. The van der Waals surface area contributed by atoms with Crippen molar-refractivity contribution in [2.45, 2.75) is 33.1 Å². The maximum atomic E-state index is 6.12. The molecule has 0 saturated heterocycles. The molecular formula is C20H24N2. The first-order valence-corrected chi connectivity index (χ1v) is 7.93. The van der Waals surface area contributed by atoms with E-state index in [4.69, 9.17) is 5.73 Å². The monoisotopic (exact) mass is 292 g/mol. The van der Waals surface area contributed by atoms with Crippen LogP contribution >= 0.6 is 0 Å². The highest BCUT2D eigenvalue weighted by Gasteiger charge is 2.17. The zero-order valence-electron chi connectivity index (χ0n) is 13.6. The lowest BCUT2D eigenvalue weighted by Gasteiger charge is -2.19. The largest absolute Gasteiger partial charge is 0.358 e. The smallest absolute Gasteiger partial charge is 0.0458 e. The molecule has 0 saturated carbocycles. The number of para-hydroxylation sites is 1. The number of aromatic amines is 1. The van der Waals surface area contributed by atoms with Gasteiger partial charge in [0.15, 0.2) is 0 Å². The van der Waals surface area contributed by atoms with Crippen molar-refractivity contribution < 1.29 is 0 Å². The minimum absolute atomic E-state index is 0.359. The summed E-state index contributed by atoms with van der Waals surface area (Å²) in [5, 5.41) is 1.32. The third-order valence-electron chi connectivity index (χ3n) is 4.64. The fraction of sp³-hybridized carbons (Fsp3) is 0.300. The summed E-state index contributed by atoms with van der Waals surface area (Å²) in [7, 11) is 0. The van der Waals surface area contributed by atoms with Gasteiger partial charge in [-0.25, -0.2) is 0 Å². The van der Waals surface area contributed by atoms with Crippen molar-refractivity contribution in [3.8, 4) is 0 Å². The van der Waals surface area contributed by atoms with Gasteiger partial charge in [0.1, 0.15) is 0 Å². The second kappa shape index (κ2) is 5.98. The number of fused-ring (bicyclic) bond motifs is 1. The Morgan fingerprint density at radius 3 is 2.59 bits per heavy atom. The molecule has 0 spiro atoms. The maximum Gasteiger partial charge on any atom is 0.0458 e. The molecular weight excluding hydrogens is 268 g/mol. The summed E-state index contributed by atoms with van der Waals surface area (Å²) < 4.78 is 0. The highest BCUT2D eigenvalue weighted by molar-refractivity contribution is 5.84. The highest BCUT2D eigenvalue weighted by Crippen LogP contribution is 2.29. The van der Waals surface area contributed by atoms with Gasteiger partial charge < -0.3 is 10.7 Å². The highest BCUT2D eigenvalue weighted by atomic mass is 14.7. The lowest BCUT2D eigenvalue weighted by atomic mass is 9.87. The molecule has 2 heteroatoms. The Labute approximate surface area is 132 Å². The zero-order chi connectivity index (χ0) is 15.7.